The summed E-state index contributed by atoms with van der Waals surface area (Å²) in [5.41, 5.74) is 15.1. The minimum Gasteiger partial charge on any atom is -0.456 e. The largest absolute Gasteiger partial charge is 0.456 e. The lowest BCUT2D eigenvalue weighted by Gasteiger charge is -2.22. The summed E-state index contributed by atoms with van der Waals surface area (Å²) in [5, 5.41) is 4.57. The van der Waals surface area contributed by atoms with Gasteiger partial charge in [0.15, 0.2) is 17.5 Å². The lowest BCUT2D eigenvalue weighted by Crippen LogP contribution is -2.15. The summed E-state index contributed by atoms with van der Waals surface area (Å²) in [5.74, 6) is 1.78. The second kappa shape index (κ2) is 12.7. The Morgan fingerprint density at radius 2 is 1.07 bits per heavy atom. The topological polar surface area (TPSA) is 56.7 Å². The fourth-order valence-electron chi connectivity index (χ4n) is 9.45. The highest BCUT2D eigenvalue weighted by atomic mass is 16.3. The van der Waals surface area contributed by atoms with Crippen LogP contribution < -0.4 is 0 Å². The first-order valence-corrected chi connectivity index (χ1v) is 20.1. The molecule has 3 aromatic heterocycles. The van der Waals surface area contributed by atoms with Crippen LogP contribution >= 0.6 is 0 Å². The number of furan rings is 1. The molecule has 5 heteroatoms. The minimum atomic E-state index is -0.140. The van der Waals surface area contributed by atoms with E-state index < -0.39 is 0 Å². The predicted molar refractivity (Wildman–Crippen MR) is 241 cm³/mol. The van der Waals surface area contributed by atoms with Gasteiger partial charge in [-0.3, -0.25) is 0 Å². The zero-order valence-corrected chi connectivity index (χ0v) is 32.5. The van der Waals surface area contributed by atoms with Crippen LogP contribution in [0.4, 0.5) is 0 Å². The standard InChI is InChI=1S/C54H36N4O/c1-54(2)43-24-12-9-20-37(43)41-31-42-38-21-10-13-25-45(38)58(47(42)32-44(41)54)46-26-14-11-22-39(46)53-56-51(34-18-7-4-8-19-34)55-52(57-53)35-28-29-40-49(30-35)59-48-27-15-23-36(50(40)48)33-16-5-3-6-17-33/h3-32H,1-2H3. The number of fused-ring (bicyclic) bond motifs is 9. The number of hydrogen-bond acceptors (Lipinski definition) is 4. The van der Waals surface area contributed by atoms with E-state index in [9.17, 15) is 0 Å². The Morgan fingerprint density at radius 3 is 1.90 bits per heavy atom. The lowest BCUT2D eigenvalue weighted by molar-refractivity contribution is 0.661. The van der Waals surface area contributed by atoms with Gasteiger partial charge in [0.25, 0.3) is 0 Å². The quantitative estimate of drug-likeness (QED) is 0.175. The Hall–Kier alpha value is -7.63. The Balaban J connectivity index is 1.07. The van der Waals surface area contributed by atoms with Crippen molar-refractivity contribution in [2.45, 2.75) is 19.3 Å². The molecule has 3 heterocycles. The van der Waals surface area contributed by atoms with Gasteiger partial charge in [-0.05, 0) is 81.9 Å². The molecular weight excluding hydrogens is 721 g/mol. The summed E-state index contributed by atoms with van der Waals surface area (Å²) in [6.45, 7) is 4.68. The Morgan fingerprint density at radius 1 is 0.407 bits per heavy atom. The van der Waals surface area contributed by atoms with Gasteiger partial charge in [-0.15, -0.1) is 0 Å². The van der Waals surface area contributed by atoms with Crippen molar-refractivity contribution in [1.82, 2.24) is 19.5 Å². The molecule has 0 amide bonds. The van der Waals surface area contributed by atoms with E-state index in [1.807, 2.05) is 30.3 Å². The molecule has 5 nitrogen and oxygen atoms in total. The van der Waals surface area contributed by atoms with Crippen LogP contribution in [0.3, 0.4) is 0 Å². The van der Waals surface area contributed by atoms with Crippen LogP contribution in [0.5, 0.6) is 0 Å². The van der Waals surface area contributed by atoms with Gasteiger partial charge >= 0.3 is 0 Å². The first-order valence-electron chi connectivity index (χ1n) is 20.1. The molecule has 8 aromatic carbocycles. The average molecular weight is 757 g/mol. The van der Waals surface area contributed by atoms with Gasteiger partial charge in [-0.25, -0.2) is 15.0 Å². The molecule has 59 heavy (non-hydrogen) atoms. The van der Waals surface area contributed by atoms with E-state index in [2.05, 4.69) is 170 Å². The number of para-hydroxylation sites is 2. The highest BCUT2D eigenvalue weighted by Crippen LogP contribution is 2.51. The molecule has 1 aliphatic rings. The van der Waals surface area contributed by atoms with Crippen molar-refractivity contribution >= 4 is 43.7 Å². The summed E-state index contributed by atoms with van der Waals surface area (Å²) < 4.78 is 8.95. The molecule has 0 atom stereocenters. The molecule has 0 N–H and O–H groups in total. The van der Waals surface area contributed by atoms with Crippen molar-refractivity contribution < 1.29 is 4.42 Å². The van der Waals surface area contributed by atoms with E-state index in [1.54, 1.807) is 0 Å². The average Bonchev–Trinajstić information content (AvgIpc) is 3.91. The van der Waals surface area contributed by atoms with Crippen molar-refractivity contribution in [2.24, 2.45) is 0 Å². The summed E-state index contributed by atoms with van der Waals surface area (Å²) >= 11 is 0. The monoisotopic (exact) mass is 756 g/mol. The van der Waals surface area contributed by atoms with Crippen LogP contribution in [0, 0.1) is 0 Å². The summed E-state index contributed by atoms with van der Waals surface area (Å²) in [7, 11) is 0. The van der Waals surface area contributed by atoms with Gasteiger partial charge < -0.3 is 8.98 Å². The van der Waals surface area contributed by atoms with Crippen LogP contribution in [0.25, 0.3) is 106 Å². The molecule has 0 saturated heterocycles. The van der Waals surface area contributed by atoms with E-state index >= 15 is 0 Å². The maximum atomic E-state index is 6.55. The normalized spacial score (nSPS) is 13.1. The van der Waals surface area contributed by atoms with Crippen molar-refractivity contribution in [3.63, 3.8) is 0 Å². The molecule has 278 valence electrons. The first kappa shape index (κ1) is 33.5. The highest BCUT2D eigenvalue weighted by Gasteiger charge is 2.36. The molecule has 0 saturated carbocycles. The molecule has 0 bridgehead atoms. The fraction of sp³-hybridized carbons (Fsp3) is 0.0556. The highest BCUT2D eigenvalue weighted by molar-refractivity contribution is 6.14. The number of hydrogen-bond donors (Lipinski definition) is 0. The van der Waals surface area contributed by atoms with E-state index in [1.165, 1.54) is 33.0 Å². The molecule has 11 aromatic rings. The zero-order chi connectivity index (χ0) is 39.2. The van der Waals surface area contributed by atoms with Gasteiger partial charge in [-0.1, -0.05) is 147 Å². The second-order valence-electron chi connectivity index (χ2n) is 16.0. The third-order valence-electron chi connectivity index (χ3n) is 12.3. The molecule has 12 rings (SSSR count). The summed E-state index contributed by atoms with van der Waals surface area (Å²) in [6, 6.07) is 64.1. The summed E-state index contributed by atoms with van der Waals surface area (Å²) in [6.07, 6.45) is 0. The van der Waals surface area contributed by atoms with Crippen LogP contribution in [0.1, 0.15) is 25.0 Å². The van der Waals surface area contributed by atoms with E-state index in [0.717, 1.165) is 66.5 Å². The van der Waals surface area contributed by atoms with Gasteiger partial charge in [0.05, 0.1) is 16.7 Å². The van der Waals surface area contributed by atoms with Crippen molar-refractivity contribution in [3.8, 4) is 62.1 Å². The fourth-order valence-corrected chi connectivity index (χ4v) is 9.45. The third kappa shape index (κ3) is 5.08. The zero-order valence-electron chi connectivity index (χ0n) is 32.5. The van der Waals surface area contributed by atoms with Gasteiger partial charge in [0.1, 0.15) is 11.2 Å². The maximum Gasteiger partial charge on any atom is 0.166 e. The van der Waals surface area contributed by atoms with E-state index in [4.69, 9.17) is 19.4 Å². The molecule has 0 unspecified atom stereocenters. The maximum absolute atomic E-state index is 6.55. The lowest BCUT2D eigenvalue weighted by atomic mass is 9.82. The Kier molecular flexibility index (Phi) is 7.20. The van der Waals surface area contributed by atoms with Crippen LogP contribution in [-0.4, -0.2) is 19.5 Å². The van der Waals surface area contributed by atoms with Crippen LogP contribution in [-0.2, 0) is 5.41 Å². The van der Waals surface area contributed by atoms with Crippen molar-refractivity contribution in [2.75, 3.05) is 0 Å². The SMILES string of the molecule is CC1(C)c2ccccc2-c2cc3c4ccccc4n(-c4ccccc4-c4nc(-c5ccccc5)nc(-c5ccc6c(c5)oc5cccc(-c7ccccc7)c56)n4)c3cc21. The summed E-state index contributed by atoms with van der Waals surface area (Å²) in [4.78, 5) is 15.6. The molecule has 0 radical (unpaired) electrons. The molecule has 0 aliphatic heterocycles. The number of aromatic nitrogens is 4. The molecule has 1 aliphatic carbocycles. The first-order chi connectivity index (χ1) is 29.0. The number of rotatable bonds is 5. The van der Waals surface area contributed by atoms with Crippen molar-refractivity contribution in [1.29, 1.82) is 0 Å². The van der Waals surface area contributed by atoms with Gasteiger partial charge in [0, 0.05) is 43.7 Å². The van der Waals surface area contributed by atoms with Crippen LogP contribution in [0.2, 0.25) is 0 Å². The Bertz CT molecular complexity index is 3470. The number of nitrogens with zero attached hydrogens (tertiary/aromatic N) is 4. The third-order valence-corrected chi connectivity index (χ3v) is 12.3. The van der Waals surface area contributed by atoms with Gasteiger partial charge in [-0.2, -0.15) is 0 Å². The number of benzene rings is 8. The van der Waals surface area contributed by atoms with E-state index in [0.29, 0.717) is 17.5 Å². The molecular formula is C54H36N4O. The predicted octanol–water partition coefficient (Wildman–Crippen LogP) is 13.8. The van der Waals surface area contributed by atoms with Crippen molar-refractivity contribution in [3.05, 3.63) is 193 Å². The minimum absolute atomic E-state index is 0.140. The van der Waals surface area contributed by atoms with E-state index in [-0.39, 0.29) is 5.41 Å². The molecule has 0 spiro atoms. The molecule has 0 fully saturated rings. The van der Waals surface area contributed by atoms with Crippen LogP contribution in [0.15, 0.2) is 186 Å². The Labute approximate surface area is 340 Å². The second-order valence-corrected chi connectivity index (χ2v) is 16.0. The smallest absolute Gasteiger partial charge is 0.166 e. The van der Waals surface area contributed by atoms with Gasteiger partial charge in [0.2, 0.25) is 0 Å².